The SMILES string of the molecule is CC.CNc1ccc2cn[nH]c2c1. The summed E-state index contributed by atoms with van der Waals surface area (Å²) in [6.07, 6.45) is 1.81. The van der Waals surface area contributed by atoms with E-state index in [1.54, 1.807) is 0 Å². The molecule has 0 saturated heterocycles. The molecule has 13 heavy (non-hydrogen) atoms. The first-order chi connectivity index (χ1) is 6.40. The third-order valence-corrected chi connectivity index (χ3v) is 1.73. The molecule has 3 nitrogen and oxygen atoms in total. The summed E-state index contributed by atoms with van der Waals surface area (Å²) in [6, 6.07) is 6.09. The second-order valence-corrected chi connectivity index (χ2v) is 2.42. The number of aromatic amines is 1. The van der Waals surface area contributed by atoms with Crippen molar-refractivity contribution in [1.29, 1.82) is 0 Å². The molecule has 0 spiro atoms. The standard InChI is InChI=1S/C8H9N3.C2H6/c1-9-7-3-2-6-5-10-11-8(6)4-7;1-2/h2-5,9H,1H3,(H,10,11);1-2H3. The van der Waals surface area contributed by atoms with Gasteiger partial charge in [0.05, 0.1) is 11.7 Å². The van der Waals surface area contributed by atoms with Crippen LogP contribution < -0.4 is 5.32 Å². The molecule has 2 rings (SSSR count). The van der Waals surface area contributed by atoms with Crippen LogP contribution in [0.15, 0.2) is 24.4 Å². The van der Waals surface area contributed by atoms with E-state index in [1.165, 1.54) is 0 Å². The van der Waals surface area contributed by atoms with Crippen LogP contribution >= 0.6 is 0 Å². The Bertz CT molecular complexity index is 365. The molecular weight excluding hydrogens is 162 g/mol. The number of nitrogens with one attached hydrogen (secondary N) is 2. The fraction of sp³-hybridized carbons (Fsp3) is 0.300. The third-order valence-electron chi connectivity index (χ3n) is 1.73. The van der Waals surface area contributed by atoms with Crippen molar-refractivity contribution in [3.63, 3.8) is 0 Å². The molecule has 0 aliphatic rings. The van der Waals surface area contributed by atoms with Gasteiger partial charge in [0.1, 0.15) is 0 Å². The van der Waals surface area contributed by atoms with Crippen LogP contribution in [0.1, 0.15) is 13.8 Å². The molecule has 2 aromatic rings. The topological polar surface area (TPSA) is 40.7 Å². The first-order valence-electron chi connectivity index (χ1n) is 4.51. The lowest BCUT2D eigenvalue weighted by molar-refractivity contribution is 1.12. The number of hydrogen-bond acceptors (Lipinski definition) is 2. The van der Waals surface area contributed by atoms with Crippen molar-refractivity contribution < 1.29 is 0 Å². The summed E-state index contributed by atoms with van der Waals surface area (Å²) in [5.74, 6) is 0. The molecule has 0 bridgehead atoms. The van der Waals surface area contributed by atoms with Gasteiger partial charge in [0.25, 0.3) is 0 Å². The Balaban J connectivity index is 0.000000396. The Labute approximate surface area is 78.2 Å². The van der Waals surface area contributed by atoms with Crippen molar-refractivity contribution in [2.24, 2.45) is 0 Å². The van der Waals surface area contributed by atoms with Gasteiger partial charge in [-0.3, -0.25) is 5.10 Å². The number of aromatic nitrogens is 2. The summed E-state index contributed by atoms with van der Waals surface area (Å²) in [5.41, 5.74) is 2.17. The molecule has 0 atom stereocenters. The lowest BCUT2D eigenvalue weighted by atomic mass is 10.2. The van der Waals surface area contributed by atoms with E-state index in [2.05, 4.69) is 15.5 Å². The predicted molar refractivity (Wildman–Crippen MR) is 57.0 cm³/mol. The van der Waals surface area contributed by atoms with Crippen molar-refractivity contribution >= 4 is 16.6 Å². The Morgan fingerprint density at radius 1 is 1.31 bits per heavy atom. The van der Waals surface area contributed by atoms with Gasteiger partial charge in [0.2, 0.25) is 0 Å². The summed E-state index contributed by atoms with van der Waals surface area (Å²) in [7, 11) is 1.90. The zero-order valence-electron chi connectivity index (χ0n) is 8.26. The Morgan fingerprint density at radius 3 is 2.77 bits per heavy atom. The molecular formula is C10H15N3. The second kappa shape index (κ2) is 4.50. The van der Waals surface area contributed by atoms with Crippen molar-refractivity contribution in [2.75, 3.05) is 12.4 Å². The lowest BCUT2D eigenvalue weighted by Gasteiger charge is -1.97. The van der Waals surface area contributed by atoms with Crippen molar-refractivity contribution in [3.8, 4) is 0 Å². The van der Waals surface area contributed by atoms with E-state index in [0.29, 0.717) is 0 Å². The van der Waals surface area contributed by atoms with Crippen LogP contribution in [-0.4, -0.2) is 17.2 Å². The van der Waals surface area contributed by atoms with Gasteiger partial charge in [-0.25, -0.2) is 0 Å². The largest absolute Gasteiger partial charge is 0.388 e. The zero-order chi connectivity index (χ0) is 9.68. The Morgan fingerprint density at radius 2 is 2.08 bits per heavy atom. The molecule has 2 N–H and O–H groups in total. The third kappa shape index (κ3) is 1.99. The highest BCUT2D eigenvalue weighted by atomic mass is 15.1. The van der Waals surface area contributed by atoms with Crippen LogP contribution in [0.25, 0.3) is 10.9 Å². The van der Waals surface area contributed by atoms with Crippen LogP contribution in [0.2, 0.25) is 0 Å². The molecule has 1 aromatic heterocycles. The molecule has 70 valence electrons. The molecule has 0 amide bonds. The smallest absolute Gasteiger partial charge is 0.0670 e. The molecule has 1 aromatic carbocycles. The first kappa shape index (κ1) is 9.58. The Hall–Kier alpha value is -1.51. The minimum atomic E-state index is 1.07. The number of anilines is 1. The Kier molecular flexibility index (Phi) is 3.31. The first-order valence-corrected chi connectivity index (χ1v) is 4.51. The fourth-order valence-corrected chi connectivity index (χ4v) is 1.09. The summed E-state index contributed by atoms with van der Waals surface area (Å²) in [4.78, 5) is 0. The van der Waals surface area contributed by atoms with Crippen LogP contribution in [0.5, 0.6) is 0 Å². The average molecular weight is 177 g/mol. The highest BCUT2D eigenvalue weighted by molar-refractivity contribution is 5.81. The summed E-state index contributed by atoms with van der Waals surface area (Å²) in [5, 5.41) is 11.0. The molecule has 0 fully saturated rings. The van der Waals surface area contributed by atoms with E-state index in [9.17, 15) is 0 Å². The van der Waals surface area contributed by atoms with Crippen LogP contribution in [0.4, 0.5) is 5.69 Å². The average Bonchev–Trinajstić information content (AvgIpc) is 2.67. The molecule has 0 radical (unpaired) electrons. The number of benzene rings is 1. The van der Waals surface area contributed by atoms with E-state index in [-0.39, 0.29) is 0 Å². The van der Waals surface area contributed by atoms with Gasteiger partial charge >= 0.3 is 0 Å². The fourth-order valence-electron chi connectivity index (χ4n) is 1.09. The predicted octanol–water partition coefficient (Wildman–Crippen LogP) is 2.63. The number of fused-ring (bicyclic) bond motifs is 1. The van der Waals surface area contributed by atoms with Gasteiger partial charge in [-0.15, -0.1) is 0 Å². The molecule has 0 aliphatic carbocycles. The minimum Gasteiger partial charge on any atom is -0.388 e. The van der Waals surface area contributed by atoms with E-state index < -0.39 is 0 Å². The zero-order valence-corrected chi connectivity index (χ0v) is 8.26. The summed E-state index contributed by atoms with van der Waals surface area (Å²) < 4.78 is 0. The van der Waals surface area contributed by atoms with Gasteiger partial charge < -0.3 is 5.32 Å². The van der Waals surface area contributed by atoms with Crippen LogP contribution in [-0.2, 0) is 0 Å². The molecule has 0 aliphatic heterocycles. The van der Waals surface area contributed by atoms with E-state index in [4.69, 9.17) is 0 Å². The van der Waals surface area contributed by atoms with Crippen LogP contribution in [0.3, 0.4) is 0 Å². The maximum absolute atomic E-state index is 3.92. The van der Waals surface area contributed by atoms with Crippen molar-refractivity contribution in [1.82, 2.24) is 10.2 Å². The van der Waals surface area contributed by atoms with Crippen LogP contribution in [0, 0.1) is 0 Å². The minimum absolute atomic E-state index is 1.07. The van der Waals surface area contributed by atoms with Gasteiger partial charge in [0, 0.05) is 18.1 Å². The summed E-state index contributed by atoms with van der Waals surface area (Å²) >= 11 is 0. The molecule has 0 unspecified atom stereocenters. The maximum atomic E-state index is 3.92. The molecule has 0 saturated carbocycles. The number of rotatable bonds is 1. The number of H-pyrrole nitrogens is 1. The summed E-state index contributed by atoms with van der Waals surface area (Å²) in [6.45, 7) is 4.00. The number of hydrogen-bond donors (Lipinski definition) is 2. The second-order valence-electron chi connectivity index (χ2n) is 2.42. The number of nitrogens with zero attached hydrogens (tertiary/aromatic N) is 1. The van der Waals surface area contributed by atoms with Gasteiger partial charge in [0.15, 0.2) is 0 Å². The van der Waals surface area contributed by atoms with Gasteiger partial charge in [-0.1, -0.05) is 13.8 Å². The quantitative estimate of drug-likeness (QED) is 0.703. The highest BCUT2D eigenvalue weighted by Crippen LogP contribution is 2.15. The normalized spacial score (nSPS) is 9.15. The molecule has 1 heterocycles. The van der Waals surface area contributed by atoms with E-state index >= 15 is 0 Å². The van der Waals surface area contributed by atoms with E-state index in [0.717, 1.165) is 16.6 Å². The monoisotopic (exact) mass is 177 g/mol. The van der Waals surface area contributed by atoms with Gasteiger partial charge in [-0.2, -0.15) is 5.10 Å². The van der Waals surface area contributed by atoms with Crippen molar-refractivity contribution in [2.45, 2.75) is 13.8 Å². The van der Waals surface area contributed by atoms with Gasteiger partial charge in [-0.05, 0) is 18.2 Å². The highest BCUT2D eigenvalue weighted by Gasteiger charge is 1.94. The molecule has 3 heteroatoms. The van der Waals surface area contributed by atoms with Crippen molar-refractivity contribution in [3.05, 3.63) is 24.4 Å². The maximum Gasteiger partial charge on any atom is 0.0670 e. The van der Waals surface area contributed by atoms with E-state index in [1.807, 2.05) is 45.3 Å². The lowest BCUT2D eigenvalue weighted by Crippen LogP contribution is -1.85.